The highest BCUT2D eigenvalue weighted by molar-refractivity contribution is 5.98. The van der Waals surface area contributed by atoms with Crippen LogP contribution in [0.3, 0.4) is 0 Å². The molecule has 0 aliphatic heterocycles. The van der Waals surface area contributed by atoms with Crippen molar-refractivity contribution in [2.45, 2.75) is 46.2 Å². The van der Waals surface area contributed by atoms with Gasteiger partial charge < -0.3 is 16.4 Å². The zero-order valence-electron chi connectivity index (χ0n) is 17.8. The van der Waals surface area contributed by atoms with Crippen LogP contribution in [-0.2, 0) is 22.6 Å². The number of amides is 3. The molecule has 1 unspecified atom stereocenters. The summed E-state index contributed by atoms with van der Waals surface area (Å²) in [5.74, 6) is -1.07. The molecule has 9 heteroatoms. The average molecular weight is 422 g/mol. The number of hydrogen-bond acceptors (Lipinski definition) is 5. The van der Waals surface area contributed by atoms with E-state index in [9.17, 15) is 14.4 Å². The van der Waals surface area contributed by atoms with Crippen LogP contribution in [0.25, 0.3) is 5.65 Å². The van der Waals surface area contributed by atoms with Crippen LogP contribution in [0.15, 0.2) is 36.5 Å². The van der Waals surface area contributed by atoms with Crippen molar-refractivity contribution in [3.63, 3.8) is 0 Å². The zero-order valence-corrected chi connectivity index (χ0v) is 17.8. The third-order valence-electron chi connectivity index (χ3n) is 5.16. The number of primary amides is 1. The summed E-state index contributed by atoms with van der Waals surface area (Å²) in [4.78, 5) is 40.6. The van der Waals surface area contributed by atoms with Crippen LogP contribution in [0.1, 0.15) is 46.2 Å². The normalized spacial score (nSPS) is 11.8. The third kappa shape index (κ3) is 5.06. The molecule has 2 heterocycles. The highest BCUT2D eigenvalue weighted by Crippen LogP contribution is 2.18. The average Bonchev–Trinajstić information content (AvgIpc) is 3.16. The lowest BCUT2D eigenvalue weighted by atomic mass is 10.1. The largest absolute Gasteiger partial charge is 0.365 e. The van der Waals surface area contributed by atoms with E-state index in [-0.39, 0.29) is 23.8 Å². The van der Waals surface area contributed by atoms with E-state index in [1.165, 1.54) is 6.20 Å². The molecule has 162 valence electrons. The van der Waals surface area contributed by atoms with E-state index < -0.39 is 11.9 Å². The van der Waals surface area contributed by atoms with E-state index in [0.717, 1.165) is 16.8 Å². The first-order chi connectivity index (χ1) is 14.8. The molecule has 1 aromatic carbocycles. The number of nitrogens with two attached hydrogens (primary N) is 1. The molecule has 3 rings (SSSR count). The molecule has 0 saturated carbocycles. The summed E-state index contributed by atoms with van der Waals surface area (Å²) in [6.45, 7) is 5.72. The van der Waals surface area contributed by atoms with Crippen molar-refractivity contribution in [2.75, 3.05) is 0 Å². The minimum Gasteiger partial charge on any atom is -0.365 e. The van der Waals surface area contributed by atoms with E-state index in [1.807, 2.05) is 44.2 Å². The highest BCUT2D eigenvalue weighted by atomic mass is 16.2. The number of aromatic nitrogens is 3. The highest BCUT2D eigenvalue weighted by Gasteiger charge is 2.19. The van der Waals surface area contributed by atoms with Crippen LogP contribution < -0.4 is 16.4 Å². The SMILES string of the molecule is Cc1nc2c(C(N)=O)cnn2c(C)c1CCC(=O)NC(C)C(=O)NCc1ccccc1. The number of fused-ring (bicyclic) bond motifs is 1. The van der Waals surface area contributed by atoms with Gasteiger partial charge in [0, 0.05) is 24.4 Å². The Labute approximate surface area is 180 Å². The minimum absolute atomic E-state index is 0.190. The first-order valence-electron chi connectivity index (χ1n) is 10.0. The van der Waals surface area contributed by atoms with Crippen molar-refractivity contribution in [1.29, 1.82) is 0 Å². The molecule has 0 radical (unpaired) electrons. The van der Waals surface area contributed by atoms with Gasteiger partial charge in [-0.1, -0.05) is 30.3 Å². The molecule has 3 amide bonds. The smallest absolute Gasteiger partial charge is 0.254 e. The van der Waals surface area contributed by atoms with Crippen molar-refractivity contribution in [3.05, 3.63) is 64.6 Å². The Morgan fingerprint density at radius 3 is 2.55 bits per heavy atom. The zero-order chi connectivity index (χ0) is 22.5. The van der Waals surface area contributed by atoms with Crippen molar-refractivity contribution < 1.29 is 14.4 Å². The summed E-state index contributed by atoms with van der Waals surface area (Å²) in [5.41, 5.74) is 9.37. The van der Waals surface area contributed by atoms with Gasteiger partial charge >= 0.3 is 0 Å². The summed E-state index contributed by atoms with van der Waals surface area (Å²) >= 11 is 0. The fourth-order valence-electron chi connectivity index (χ4n) is 3.40. The summed E-state index contributed by atoms with van der Waals surface area (Å²) in [6.07, 6.45) is 2.01. The topological polar surface area (TPSA) is 131 Å². The van der Waals surface area contributed by atoms with Crippen LogP contribution in [0.4, 0.5) is 0 Å². The van der Waals surface area contributed by atoms with Gasteiger partial charge in [-0.25, -0.2) is 9.50 Å². The van der Waals surface area contributed by atoms with Gasteiger partial charge in [0.25, 0.3) is 5.91 Å². The van der Waals surface area contributed by atoms with Gasteiger partial charge in [0.15, 0.2) is 5.65 Å². The van der Waals surface area contributed by atoms with Gasteiger partial charge in [-0.15, -0.1) is 0 Å². The molecule has 2 aromatic heterocycles. The Kier molecular flexibility index (Phi) is 6.64. The second-order valence-corrected chi connectivity index (χ2v) is 7.41. The molecule has 3 aromatic rings. The maximum Gasteiger partial charge on any atom is 0.254 e. The Balaban J connectivity index is 1.58. The molecule has 9 nitrogen and oxygen atoms in total. The monoisotopic (exact) mass is 422 g/mol. The van der Waals surface area contributed by atoms with E-state index >= 15 is 0 Å². The van der Waals surface area contributed by atoms with E-state index in [1.54, 1.807) is 11.4 Å². The van der Waals surface area contributed by atoms with Crippen LogP contribution >= 0.6 is 0 Å². The molecule has 0 aliphatic carbocycles. The quantitative estimate of drug-likeness (QED) is 0.502. The molecular weight excluding hydrogens is 396 g/mol. The number of aryl methyl sites for hydroxylation is 2. The number of carbonyl (C=O) groups excluding carboxylic acids is 3. The van der Waals surface area contributed by atoms with Crippen molar-refractivity contribution in [1.82, 2.24) is 25.2 Å². The lowest BCUT2D eigenvalue weighted by molar-refractivity contribution is -0.128. The number of hydrogen-bond donors (Lipinski definition) is 3. The maximum absolute atomic E-state index is 12.4. The third-order valence-corrected chi connectivity index (χ3v) is 5.16. The molecule has 31 heavy (non-hydrogen) atoms. The van der Waals surface area contributed by atoms with Gasteiger partial charge in [0.2, 0.25) is 11.8 Å². The fourth-order valence-corrected chi connectivity index (χ4v) is 3.40. The molecule has 0 fully saturated rings. The van der Waals surface area contributed by atoms with Gasteiger partial charge in [0.1, 0.15) is 11.6 Å². The second kappa shape index (κ2) is 9.38. The number of rotatable bonds is 8. The predicted molar refractivity (Wildman–Crippen MR) is 115 cm³/mol. The van der Waals surface area contributed by atoms with Gasteiger partial charge in [0.05, 0.1) is 6.20 Å². The van der Waals surface area contributed by atoms with Crippen LogP contribution in [0, 0.1) is 13.8 Å². The number of carbonyl (C=O) groups is 3. The van der Waals surface area contributed by atoms with E-state index in [0.29, 0.717) is 24.3 Å². The fraction of sp³-hybridized carbons (Fsp3) is 0.318. The summed E-state index contributed by atoms with van der Waals surface area (Å²) in [6, 6.07) is 8.91. The van der Waals surface area contributed by atoms with E-state index in [2.05, 4.69) is 20.7 Å². The molecule has 1 atom stereocenters. The van der Waals surface area contributed by atoms with Gasteiger partial charge in [-0.3, -0.25) is 14.4 Å². The summed E-state index contributed by atoms with van der Waals surface area (Å²) in [7, 11) is 0. The van der Waals surface area contributed by atoms with Crippen molar-refractivity contribution in [3.8, 4) is 0 Å². The Bertz CT molecular complexity index is 1120. The molecule has 4 N–H and O–H groups in total. The van der Waals surface area contributed by atoms with Gasteiger partial charge in [-0.05, 0) is 38.3 Å². The molecule has 0 saturated heterocycles. The minimum atomic E-state index is -0.650. The Morgan fingerprint density at radius 1 is 1.16 bits per heavy atom. The molecular formula is C22H26N6O3. The first kappa shape index (κ1) is 21.9. The van der Waals surface area contributed by atoms with Crippen LogP contribution in [0.2, 0.25) is 0 Å². The van der Waals surface area contributed by atoms with Crippen molar-refractivity contribution >= 4 is 23.4 Å². The predicted octanol–water partition coefficient (Wildman–Crippen LogP) is 1.20. The second-order valence-electron chi connectivity index (χ2n) is 7.41. The maximum atomic E-state index is 12.4. The standard InChI is InChI=1S/C22H26N6O3/c1-13-17(15(3)28-21(27-13)18(12-25-28)20(23)30)9-10-19(29)26-14(2)22(31)24-11-16-7-5-4-6-8-16/h4-8,12,14H,9-11H2,1-3H3,(H2,23,30)(H,24,31)(H,26,29). The van der Waals surface area contributed by atoms with Crippen LogP contribution in [0.5, 0.6) is 0 Å². The number of nitrogens with zero attached hydrogens (tertiary/aromatic N) is 3. The van der Waals surface area contributed by atoms with Gasteiger partial charge in [-0.2, -0.15) is 5.10 Å². The summed E-state index contributed by atoms with van der Waals surface area (Å²) < 4.78 is 1.56. The lowest BCUT2D eigenvalue weighted by Crippen LogP contribution is -2.44. The number of benzene rings is 1. The van der Waals surface area contributed by atoms with Crippen LogP contribution in [-0.4, -0.2) is 38.4 Å². The number of nitrogens with one attached hydrogen (secondary N) is 2. The lowest BCUT2D eigenvalue weighted by Gasteiger charge is -2.15. The summed E-state index contributed by atoms with van der Waals surface area (Å²) in [5, 5.41) is 9.73. The molecule has 0 aliphatic rings. The molecule has 0 bridgehead atoms. The Morgan fingerprint density at radius 2 is 1.87 bits per heavy atom. The van der Waals surface area contributed by atoms with Crippen molar-refractivity contribution in [2.24, 2.45) is 5.73 Å². The first-order valence-corrected chi connectivity index (χ1v) is 10.0. The molecule has 0 spiro atoms. The van der Waals surface area contributed by atoms with E-state index in [4.69, 9.17) is 5.73 Å². The Hall–Kier alpha value is -3.75.